The van der Waals surface area contributed by atoms with Gasteiger partial charge in [-0.15, -0.1) is 11.3 Å². The largest absolute Gasteiger partial charge is 0.351 e. The summed E-state index contributed by atoms with van der Waals surface area (Å²) >= 11 is 1.61. The van der Waals surface area contributed by atoms with E-state index in [0.717, 1.165) is 32.7 Å². The number of aryl methyl sites for hydroxylation is 2. The van der Waals surface area contributed by atoms with Crippen molar-refractivity contribution in [1.82, 2.24) is 24.1 Å². The molecule has 4 heterocycles. The van der Waals surface area contributed by atoms with Crippen LogP contribution in [0.1, 0.15) is 11.3 Å². The lowest BCUT2D eigenvalue weighted by atomic mass is 10.1. The summed E-state index contributed by atoms with van der Waals surface area (Å²) in [5, 5.41) is 10.6. The number of anilines is 1. The Labute approximate surface area is 164 Å². The number of hydrogen-bond acceptors (Lipinski definition) is 5. The number of aromatic nitrogens is 5. The van der Waals surface area contributed by atoms with Crippen molar-refractivity contribution in [3.63, 3.8) is 0 Å². The van der Waals surface area contributed by atoms with Crippen LogP contribution in [-0.2, 0) is 13.6 Å². The van der Waals surface area contributed by atoms with E-state index in [0.29, 0.717) is 18.1 Å². The highest BCUT2D eigenvalue weighted by Gasteiger charge is 2.15. The first kappa shape index (κ1) is 16.9. The highest BCUT2D eigenvalue weighted by Crippen LogP contribution is 2.28. The van der Waals surface area contributed by atoms with Gasteiger partial charge in [-0.2, -0.15) is 5.10 Å². The molecular weight excluding hydrogens is 375 g/mol. The van der Waals surface area contributed by atoms with Crippen molar-refractivity contribution in [3.05, 3.63) is 65.3 Å². The molecule has 1 N–H and O–H groups in total. The zero-order chi connectivity index (χ0) is 19.3. The van der Waals surface area contributed by atoms with Gasteiger partial charge in [-0.3, -0.25) is 9.08 Å². The molecule has 8 heteroatoms. The number of benzene rings is 1. The molecule has 0 radical (unpaired) electrons. The van der Waals surface area contributed by atoms with E-state index in [9.17, 15) is 4.39 Å². The van der Waals surface area contributed by atoms with Crippen molar-refractivity contribution in [3.8, 4) is 11.3 Å². The molecule has 5 aromatic rings. The van der Waals surface area contributed by atoms with E-state index in [4.69, 9.17) is 0 Å². The minimum atomic E-state index is -0.220. The van der Waals surface area contributed by atoms with Crippen molar-refractivity contribution < 1.29 is 4.39 Å². The van der Waals surface area contributed by atoms with Crippen molar-refractivity contribution in [2.75, 3.05) is 5.32 Å². The summed E-state index contributed by atoms with van der Waals surface area (Å²) in [6, 6.07) is 7.29. The van der Waals surface area contributed by atoms with Gasteiger partial charge in [0.15, 0.2) is 5.65 Å². The Kier molecular flexibility index (Phi) is 3.87. The average molecular weight is 392 g/mol. The molecule has 0 aliphatic carbocycles. The second kappa shape index (κ2) is 6.42. The molecule has 28 heavy (non-hydrogen) atoms. The number of hydrogen-bond donors (Lipinski definition) is 1. The van der Waals surface area contributed by atoms with Crippen LogP contribution in [0.4, 0.5) is 10.3 Å². The van der Waals surface area contributed by atoms with E-state index in [1.54, 1.807) is 23.7 Å². The molecule has 0 aliphatic heterocycles. The number of imidazole rings is 1. The first-order chi connectivity index (χ1) is 13.6. The Balaban J connectivity index is 1.53. The van der Waals surface area contributed by atoms with Crippen LogP contribution in [0.2, 0.25) is 0 Å². The van der Waals surface area contributed by atoms with Gasteiger partial charge in [0.2, 0.25) is 5.95 Å². The van der Waals surface area contributed by atoms with E-state index in [1.807, 2.05) is 52.8 Å². The maximum absolute atomic E-state index is 14.4. The number of nitrogens with zero attached hydrogens (tertiary/aromatic N) is 5. The van der Waals surface area contributed by atoms with Crippen molar-refractivity contribution in [1.29, 1.82) is 0 Å². The maximum Gasteiger partial charge on any atom is 0.208 e. The Morgan fingerprint density at radius 3 is 2.93 bits per heavy atom. The lowest BCUT2D eigenvalue weighted by Crippen LogP contribution is -2.08. The van der Waals surface area contributed by atoms with Gasteiger partial charge in [-0.05, 0) is 36.6 Å². The minimum Gasteiger partial charge on any atom is -0.351 e. The smallest absolute Gasteiger partial charge is 0.208 e. The zero-order valence-corrected chi connectivity index (χ0v) is 16.2. The molecule has 6 nitrogen and oxygen atoms in total. The molecular formula is C20H17FN6S. The normalized spacial score (nSPS) is 11.5. The van der Waals surface area contributed by atoms with Gasteiger partial charge >= 0.3 is 0 Å². The highest BCUT2D eigenvalue weighted by atomic mass is 32.1. The van der Waals surface area contributed by atoms with Gasteiger partial charge in [0, 0.05) is 47.8 Å². The van der Waals surface area contributed by atoms with Crippen LogP contribution >= 0.6 is 11.3 Å². The van der Waals surface area contributed by atoms with Crippen LogP contribution in [-0.4, -0.2) is 24.1 Å². The van der Waals surface area contributed by atoms with E-state index in [1.165, 1.54) is 6.07 Å². The van der Waals surface area contributed by atoms with Crippen LogP contribution < -0.4 is 5.32 Å². The molecule has 1 aromatic carbocycles. The lowest BCUT2D eigenvalue weighted by Gasteiger charge is -2.12. The van der Waals surface area contributed by atoms with Gasteiger partial charge in [0.1, 0.15) is 5.82 Å². The van der Waals surface area contributed by atoms with Crippen molar-refractivity contribution >= 4 is 33.0 Å². The van der Waals surface area contributed by atoms with Gasteiger partial charge in [0.05, 0.1) is 17.0 Å². The van der Waals surface area contributed by atoms with Crippen molar-refractivity contribution in [2.45, 2.75) is 13.5 Å². The third kappa shape index (κ3) is 2.65. The molecule has 0 fully saturated rings. The zero-order valence-electron chi connectivity index (χ0n) is 15.3. The Bertz CT molecular complexity index is 1320. The summed E-state index contributed by atoms with van der Waals surface area (Å²) in [4.78, 5) is 9.06. The second-order valence-corrected chi connectivity index (χ2v) is 7.57. The molecule has 0 saturated carbocycles. The number of thiophene rings is 1. The highest BCUT2D eigenvalue weighted by molar-refractivity contribution is 7.17. The molecule has 140 valence electrons. The molecule has 0 bridgehead atoms. The fourth-order valence-electron chi connectivity index (χ4n) is 3.52. The van der Waals surface area contributed by atoms with Crippen LogP contribution in [0, 0.1) is 12.7 Å². The van der Waals surface area contributed by atoms with E-state index in [-0.39, 0.29) is 5.82 Å². The van der Waals surface area contributed by atoms with Crippen LogP contribution in [0.15, 0.2) is 48.2 Å². The van der Waals surface area contributed by atoms with Crippen LogP contribution in [0.25, 0.3) is 27.0 Å². The summed E-state index contributed by atoms with van der Waals surface area (Å²) in [5.74, 6) is 0.393. The van der Waals surface area contributed by atoms with Crippen LogP contribution in [0.3, 0.4) is 0 Å². The fraction of sp³-hybridized carbons (Fsp3) is 0.150. The number of nitrogens with one attached hydrogen (secondary N) is 1. The summed E-state index contributed by atoms with van der Waals surface area (Å²) in [7, 11) is 1.90. The summed E-state index contributed by atoms with van der Waals surface area (Å²) < 4.78 is 19.2. The monoisotopic (exact) mass is 392 g/mol. The predicted molar refractivity (Wildman–Crippen MR) is 109 cm³/mol. The molecule has 4 aromatic heterocycles. The maximum atomic E-state index is 14.4. The lowest BCUT2D eigenvalue weighted by molar-refractivity contribution is 0.615. The van der Waals surface area contributed by atoms with Crippen molar-refractivity contribution in [2.24, 2.45) is 7.05 Å². The average Bonchev–Trinajstić information content (AvgIpc) is 3.40. The number of halogens is 1. The topological polar surface area (TPSA) is 60.0 Å². The van der Waals surface area contributed by atoms with E-state index in [2.05, 4.69) is 20.4 Å². The molecule has 5 rings (SSSR count). The van der Waals surface area contributed by atoms with E-state index >= 15 is 0 Å². The second-order valence-electron chi connectivity index (χ2n) is 6.62. The summed E-state index contributed by atoms with van der Waals surface area (Å²) in [6.07, 6.45) is 5.36. The third-order valence-electron chi connectivity index (χ3n) is 4.82. The van der Waals surface area contributed by atoms with Gasteiger partial charge < -0.3 is 5.32 Å². The first-order valence-corrected chi connectivity index (χ1v) is 9.71. The predicted octanol–water partition coefficient (Wildman–Crippen LogP) is 4.40. The van der Waals surface area contributed by atoms with Crippen LogP contribution in [0.5, 0.6) is 0 Å². The SMILES string of the molecule is Cc1cc(-c2cnc(NCc3c(F)ccc4sccc34)n3ccnc23)n(C)n1. The molecule has 0 spiro atoms. The first-order valence-electron chi connectivity index (χ1n) is 8.83. The standard InChI is InChI=1S/C20H17FN6S/c1-12-9-17(26(2)25-12)15-11-24-20(27-7-6-22-19(15)27)23-10-14-13-5-8-28-18(13)4-3-16(14)21/h3-9,11H,10H2,1-2H3,(H,23,24). The van der Waals surface area contributed by atoms with Gasteiger partial charge in [-0.25, -0.2) is 14.4 Å². The van der Waals surface area contributed by atoms with Gasteiger partial charge in [0.25, 0.3) is 0 Å². The summed E-state index contributed by atoms with van der Waals surface area (Å²) in [6.45, 7) is 2.29. The van der Waals surface area contributed by atoms with E-state index < -0.39 is 0 Å². The Morgan fingerprint density at radius 2 is 2.11 bits per heavy atom. The minimum absolute atomic E-state index is 0.220. The fourth-order valence-corrected chi connectivity index (χ4v) is 4.33. The molecule has 0 saturated heterocycles. The molecule has 0 aliphatic rings. The Morgan fingerprint density at radius 1 is 1.21 bits per heavy atom. The molecule has 0 amide bonds. The third-order valence-corrected chi connectivity index (χ3v) is 5.70. The number of fused-ring (bicyclic) bond motifs is 2. The number of rotatable bonds is 4. The summed E-state index contributed by atoms with van der Waals surface area (Å²) in [5.41, 5.74) is 4.19. The van der Waals surface area contributed by atoms with Gasteiger partial charge in [-0.1, -0.05) is 0 Å². The molecule has 0 atom stereocenters. The Hall–Kier alpha value is -3.26. The molecule has 0 unspecified atom stereocenters. The quantitative estimate of drug-likeness (QED) is 0.492.